The zero-order valence-corrected chi connectivity index (χ0v) is 42.5. The van der Waals surface area contributed by atoms with Crippen LogP contribution < -0.4 is 0 Å². The van der Waals surface area contributed by atoms with Crippen LogP contribution in [0.3, 0.4) is 0 Å². The van der Waals surface area contributed by atoms with Crippen molar-refractivity contribution in [1.82, 2.24) is 0 Å². The number of quaternary nitrogens is 1. The van der Waals surface area contributed by atoms with Gasteiger partial charge in [-0.1, -0.05) is 245 Å². The number of aliphatic carboxylic acids is 1. The van der Waals surface area contributed by atoms with Crippen LogP contribution in [0.4, 0.5) is 0 Å². The van der Waals surface area contributed by atoms with Crippen LogP contribution in [0.1, 0.15) is 271 Å². The average Bonchev–Trinajstić information content (AvgIpc) is 3.24. The van der Waals surface area contributed by atoms with E-state index < -0.39 is 18.4 Å². The fourth-order valence-electron chi connectivity index (χ4n) is 8.13. The predicted molar refractivity (Wildman–Crippen MR) is 263 cm³/mol. The summed E-state index contributed by atoms with van der Waals surface area (Å²) in [4.78, 5) is 37.3. The molecule has 0 saturated carbocycles. The summed E-state index contributed by atoms with van der Waals surface area (Å²) in [7, 11) is 5.98. The van der Waals surface area contributed by atoms with E-state index in [1.807, 2.05) is 21.1 Å². The molecule has 0 radical (unpaired) electrons. The number of esters is 2. The highest BCUT2D eigenvalue weighted by atomic mass is 16.7. The van der Waals surface area contributed by atoms with Crippen molar-refractivity contribution in [3.63, 3.8) is 0 Å². The Kier molecular flexibility index (Phi) is 45.5. The monoisotopic (exact) mass is 897 g/mol. The highest BCUT2D eigenvalue weighted by Crippen LogP contribution is 2.17. The molecule has 0 amide bonds. The number of carboxylic acid groups (broad SMARTS) is 1. The molecule has 9 heteroatoms. The molecule has 0 spiro atoms. The molecule has 63 heavy (non-hydrogen) atoms. The molecule has 0 aromatic carbocycles. The Morgan fingerprint density at radius 2 is 0.714 bits per heavy atom. The number of carbonyl (C=O) groups excluding carboxylic acids is 2. The Morgan fingerprint density at radius 1 is 0.413 bits per heavy atom. The molecule has 0 rings (SSSR count). The maximum atomic E-state index is 12.8. The third kappa shape index (κ3) is 48.1. The van der Waals surface area contributed by atoms with E-state index >= 15 is 0 Å². The van der Waals surface area contributed by atoms with Crippen LogP contribution in [0.5, 0.6) is 0 Å². The SMILES string of the molecule is CCCCCCCCCCCCCCCCCCCCCCC(=O)OC(COC(=O)CCCCCCCCCCCCCCCCCCCC)COC(OCC[N+](C)(C)C)C(=O)O. The molecule has 9 nitrogen and oxygen atoms in total. The fraction of sp³-hybridized carbons (Fsp3) is 0.944. The maximum Gasteiger partial charge on any atom is 0.361 e. The van der Waals surface area contributed by atoms with Crippen LogP contribution in [-0.4, -0.2) is 87.4 Å². The van der Waals surface area contributed by atoms with E-state index in [2.05, 4.69) is 13.8 Å². The first-order valence-electron chi connectivity index (χ1n) is 27.2. The van der Waals surface area contributed by atoms with E-state index in [9.17, 15) is 19.5 Å². The van der Waals surface area contributed by atoms with Gasteiger partial charge in [0.05, 0.1) is 34.4 Å². The van der Waals surface area contributed by atoms with Crippen LogP contribution in [-0.2, 0) is 33.3 Å². The summed E-state index contributed by atoms with van der Waals surface area (Å²) in [5.74, 6) is -1.98. The molecule has 0 aliphatic carbocycles. The lowest BCUT2D eigenvalue weighted by Gasteiger charge is -2.25. The quantitative estimate of drug-likeness (QED) is 0.0278. The third-order valence-electron chi connectivity index (χ3n) is 12.4. The molecular formula is C54H106NO8+. The molecule has 0 bridgehead atoms. The Hall–Kier alpha value is -1.71. The van der Waals surface area contributed by atoms with Crippen molar-refractivity contribution >= 4 is 17.9 Å². The lowest BCUT2D eigenvalue weighted by atomic mass is 10.0. The molecule has 374 valence electrons. The Morgan fingerprint density at radius 3 is 1.02 bits per heavy atom. The maximum absolute atomic E-state index is 12.8. The number of unbranched alkanes of at least 4 members (excludes halogenated alkanes) is 36. The van der Waals surface area contributed by atoms with Crippen molar-refractivity contribution in [1.29, 1.82) is 0 Å². The largest absolute Gasteiger partial charge is 0.477 e. The summed E-state index contributed by atoms with van der Waals surface area (Å²) >= 11 is 0. The van der Waals surface area contributed by atoms with Gasteiger partial charge in [-0.2, -0.15) is 0 Å². The normalized spacial score (nSPS) is 12.7. The van der Waals surface area contributed by atoms with E-state index in [0.717, 1.165) is 38.5 Å². The Balaban J connectivity index is 4.25. The molecule has 0 fully saturated rings. The summed E-state index contributed by atoms with van der Waals surface area (Å²) in [6, 6.07) is 0. The molecular weight excluding hydrogens is 791 g/mol. The zero-order chi connectivity index (χ0) is 46.3. The summed E-state index contributed by atoms with van der Waals surface area (Å²) in [5, 5.41) is 9.68. The topological polar surface area (TPSA) is 108 Å². The standard InChI is InChI=1S/C54H105NO8/c1-6-8-10-12-14-16-18-20-22-24-26-27-29-31-33-35-37-39-41-43-45-52(57)63-50(49-62-54(53(58)59)60-47-46-55(3,4)5)48-61-51(56)44-42-40-38-36-34-32-30-28-25-23-21-19-17-15-13-11-9-7-2/h50,54H,6-49H2,1-5H3/p+1. The van der Waals surface area contributed by atoms with Gasteiger partial charge in [0.15, 0.2) is 6.10 Å². The van der Waals surface area contributed by atoms with Crippen LogP contribution >= 0.6 is 0 Å². The predicted octanol–water partition coefficient (Wildman–Crippen LogP) is 15.2. The van der Waals surface area contributed by atoms with Crippen LogP contribution in [0.2, 0.25) is 0 Å². The Labute approximate surface area is 390 Å². The summed E-state index contributed by atoms with van der Waals surface area (Å²) < 4.78 is 22.9. The molecule has 0 aliphatic heterocycles. The van der Waals surface area contributed by atoms with Gasteiger partial charge < -0.3 is 28.5 Å². The highest BCUT2D eigenvalue weighted by molar-refractivity contribution is 5.71. The second-order valence-corrected chi connectivity index (χ2v) is 19.9. The van der Waals surface area contributed by atoms with E-state index in [-0.39, 0.29) is 38.2 Å². The first kappa shape index (κ1) is 61.3. The number of likely N-dealkylation sites (N-methyl/N-ethyl adjacent to an activating group) is 1. The van der Waals surface area contributed by atoms with E-state index in [1.54, 1.807) is 0 Å². The lowest BCUT2D eigenvalue weighted by molar-refractivity contribution is -0.870. The van der Waals surface area contributed by atoms with Gasteiger partial charge in [-0.15, -0.1) is 0 Å². The van der Waals surface area contributed by atoms with E-state index in [0.29, 0.717) is 17.4 Å². The number of ether oxygens (including phenoxy) is 4. The second kappa shape index (κ2) is 46.8. The molecule has 1 N–H and O–H groups in total. The first-order chi connectivity index (χ1) is 30.6. The lowest BCUT2D eigenvalue weighted by Crippen LogP contribution is -2.40. The van der Waals surface area contributed by atoms with Crippen molar-refractivity contribution in [2.24, 2.45) is 0 Å². The van der Waals surface area contributed by atoms with Crippen LogP contribution in [0.25, 0.3) is 0 Å². The molecule has 0 aromatic rings. The van der Waals surface area contributed by atoms with E-state index in [1.165, 1.54) is 205 Å². The number of hydrogen-bond donors (Lipinski definition) is 1. The molecule has 0 heterocycles. The molecule has 2 unspecified atom stereocenters. The summed E-state index contributed by atoms with van der Waals surface area (Å²) in [6.07, 6.45) is 47.4. The number of carboxylic acids is 1. The highest BCUT2D eigenvalue weighted by Gasteiger charge is 2.25. The van der Waals surface area contributed by atoms with Crippen molar-refractivity contribution in [2.45, 2.75) is 283 Å². The first-order valence-corrected chi connectivity index (χ1v) is 27.2. The minimum atomic E-state index is -1.50. The smallest absolute Gasteiger partial charge is 0.361 e. The molecule has 0 aliphatic rings. The van der Waals surface area contributed by atoms with Gasteiger partial charge in [-0.3, -0.25) is 9.59 Å². The fourth-order valence-corrected chi connectivity index (χ4v) is 8.13. The second-order valence-electron chi connectivity index (χ2n) is 19.9. The Bertz CT molecular complexity index is 1000. The van der Waals surface area contributed by atoms with Gasteiger partial charge >= 0.3 is 17.9 Å². The summed E-state index contributed by atoms with van der Waals surface area (Å²) in [6.45, 7) is 4.94. The zero-order valence-electron chi connectivity index (χ0n) is 42.5. The van der Waals surface area contributed by atoms with Gasteiger partial charge in [0.2, 0.25) is 0 Å². The van der Waals surface area contributed by atoms with Gasteiger partial charge in [0.25, 0.3) is 6.29 Å². The van der Waals surface area contributed by atoms with Crippen molar-refractivity contribution in [3.05, 3.63) is 0 Å². The van der Waals surface area contributed by atoms with Gasteiger partial charge in [-0.05, 0) is 12.8 Å². The minimum Gasteiger partial charge on any atom is -0.477 e. The summed E-state index contributed by atoms with van der Waals surface area (Å²) in [5.41, 5.74) is 0. The minimum absolute atomic E-state index is 0.173. The van der Waals surface area contributed by atoms with Crippen molar-refractivity contribution < 1.29 is 42.9 Å². The molecule has 0 aromatic heterocycles. The molecule has 0 saturated heterocycles. The number of rotatable bonds is 51. The van der Waals surface area contributed by atoms with Gasteiger partial charge in [-0.25, -0.2) is 4.79 Å². The van der Waals surface area contributed by atoms with Crippen molar-refractivity contribution in [3.8, 4) is 0 Å². The number of carbonyl (C=O) groups is 3. The van der Waals surface area contributed by atoms with Gasteiger partial charge in [0, 0.05) is 12.8 Å². The number of nitrogens with zero attached hydrogens (tertiary/aromatic N) is 1. The van der Waals surface area contributed by atoms with Crippen LogP contribution in [0, 0.1) is 0 Å². The average molecular weight is 897 g/mol. The molecule has 2 atom stereocenters. The third-order valence-corrected chi connectivity index (χ3v) is 12.4. The number of hydrogen-bond acceptors (Lipinski definition) is 7. The van der Waals surface area contributed by atoms with Crippen molar-refractivity contribution in [2.75, 3.05) is 47.5 Å². The van der Waals surface area contributed by atoms with Crippen LogP contribution in [0.15, 0.2) is 0 Å². The van der Waals surface area contributed by atoms with Gasteiger partial charge in [0.1, 0.15) is 13.2 Å². The van der Waals surface area contributed by atoms with E-state index in [4.69, 9.17) is 18.9 Å².